The van der Waals surface area contributed by atoms with Crippen molar-refractivity contribution < 1.29 is 28.6 Å². The molecule has 0 aliphatic heterocycles. The number of hydrogen-bond acceptors (Lipinski definition) is 6. The fourth-order valence-electron chi connectivity index (χ4n) is 2.86. The van der Waals surface area contributed by atoms with Gasteiger partial charge in [0.25, 0.3) is 0 Å². The van der Waals surface area contributed by atoms with Gasteiger partial charge in [-0.1, -0.05) is 31.2 Å². The molecule has 0 fully saturated rings. The monoisotopic (exact) mass is 378 g/mol. The van der Waals surface area contributed by atoms with Crippen molar-refractivity contribution in [3.05, 3.63) is 35.4 Å². The molecule has 1 atom stereocenters. The minimum Gasteiger partial charge on any atom is -0.466 e. The molecule has 0 aromatic heterocycles. The molecule has 1 rings (SSSR count). The van der Waals surface area contributed by atoms with Gasteiger partial charge in [0.2, 0.25) is 0 Å². The predicted molar refractivity (Wildman–Crippen MR) is 101 cm³/mol. The zero-order valence-corrected chi connectivity index (χ0v) is 16.9. The summed E-state index contributed by atoms with van der Waals surface area (Å²) in [5.74, 6) is -1.82. The van der Waals surface area contributed by atoms with Crippen molar-refractivity contribution in [2.24, 2.45) is 5.41 Å². The molecule has 27 heavy (non-hydrogen) atoms. The van der Waals surface area contributed by atoms with E-state index in [1.807, 2.05) is 24.3 Å². The number of benzene rings is 1. The Morgan fingerprint density at radius 1 is 0.852 bits per heavy atom. The topological polar surface area (TPSA) is 78.9 Å². The van der Waals surface area contributed by atoms with Crippen molar-refractivity contribution in [1.29, 1.82) is 0 Å². The first-order valence-electron chi connectivity index (χ1n) is 9.46. The molecule has 0 amide bonds. The minimum absolute atomic E-state index is 0.176. The highest BCUT2D eigenvalue weighted by Gasteiger charge is 2.47. The van der Waals surface area contributed by atoms with E-state index in [1.165, 1.54) is 0 Å². The van der Waals surface area contributed by atoms with Crippen molar-refractivity contribution in [1.82, 2.24) is 0 Å². The van der Waals surface area contributed by atoms with Gasteiger partial charge in [0.1, 0.15) is 0 Å². The zero-order valence-electron chi connectivity index (χ0n) is 16.9. The fourth-order valence-corrected chi connectivity index (χ4v) is 2.86. The molecule has 0 spiro atoms. The van der Waals surface area contributed by atoms with Gasteiger partial charge < -0.3 is 14.2 Å². The Bertz CT molecular complexity index is 617. The van der Waals surface area contributed by atoms with E-state index >= 15 is 0 Å². The van der Waals surface area contributed by atoms with Crippen LogP contribution in [0.25, 0.3) is 0 Å². The summed E-state index contributed by atoms with van der Waals surface area (Å²) < 4.78 is 15.4. The Morgan fingerprint density at radius 2 is 1.33 bits per heavy atom. The highest BCUT2D eigenvalue weighted by molar-refractivity contribution is 6.00. The smallest absolute Gasteiger partial charge is 0.323 e. The number of esters is 3. The number of rotatable bonds is 10. The van der Waals surface area contributed by atoms with Crippen LogP contribution in [0.4, 0.5) is 0 Å². The van der Waals surface area contributed by atoms with Crippen LogP contribution in [0, 0.1) is 5.41 Å². The van der Waals surface area contributed by atoms with E-state index in [-0.39, 0.29) is 37.9 Å². The predicted octanol–water partition coefficient (Wildman–Crippen LogP) is 3.42. The first-order valence-corrected chi connectivity index (χ1v) is 9.46. The van der Waals surface area contributed by atoms with Crippen LogP contribution in [-0.4, -0.2) is 37.7 Å². The second-order valence-electron chi connectivity index (χ2n) is 6.27. The lowest BCUT2D eigenvalue weighted by Crippen LogP contribution is -2.43. The normalized spacial score (nSPS) is 12.2. The Balaban J connectivity index is 3.09. The summed E-state index contributed by atoms with van der Waals surface area (Å²) in [5.41, 5.74) is 0.227. The average molecular weight is 378 g/mol. The third-order valence-electron chi connectivity index (χ3n) is 4.56. The molecule has 0 N–H and O–H groups in total. The third kappa shape index (κ3) is 5.55. The summed E-state index contributed by atoms with van der Waals surface area (Å²) >= 11 is 0. The zero-order chi connectivity index (χ0) is 20.4. The molecule has 6 nitrogen and oxygen atoms in total. The molecule has 0 bridgehead atoms. The third-order valence-corrected chi connectivity index (χ3v) is 4.56. The molecule has 0 saturated heterocycles. The molecule has 0 radical (unpaired) electrons. The quantitative estimate of drug-likeness (QED) is 0.353. The van der Waals surface area contributed by atoms with Gasteiger partial charge in [-0.15, -0.1) is 0 Å². The van der Waals surface area contributed by atoms with Gasteiger partial charge >= 0.3 is 17.9 Å². The van der Waals surface area contributed by atoms with E-state index in [4.69, 9.17) is 14.2 Å². The van der Waals surface area contributed by atoms with Crippen LogP contribution in [0.2, 0.25) is 0 Å². The van der Waals surface area contributed by atoms with E-state index < -0.39 is 17.4 Å². The molecule has 1 aromatic rings. The minimum atomic E-state index is -1.37. The van der Waals surface area contributed by atoms with E-state index in [2.05, 4.69) is 0 Å². The Morgan fingerprint density at radius 3 is 1.74 bits per heavy atom. The maximum atomic E-state index is 12.6. The van der Waals surface area contributed by atoms with E-state index in [0.717, 1.165) is 11.1 Å². The van der Waals surface area contributed by atoms with Gasteiger partial charge in [-0.25, -0.2) is 0 Å². The van der Waals surface area contributed by atoms with Gasteiger partial charge in [-0.05, 0) is 51.7 Å². The van der Waals surface area contributed by atoms with Crippen LogP contribution in [-0.2, 0) is 35.0 Å². The summed E-state index contributed by atoms with van der Waals surface area (Å²) in [6, 6.07) is 7.25. The molecule has 0 saturated carbocycles. The van der Waals surface area contributed by atoms with E-state index in [9.17, 15) is 14.4 Å². The van der Waals surface area contributed by atoms with Crippen LogP contribution in [0.15, 0.2) is 24.3 Å². The first-order chi connectivity index (χ1) is 12.9. The summed E-state index contributed by atoms with van der Waals surface area (Å²) in [6.45, 7) is 9.43. The standard InChI is InChI=1S/C21H30O6/c1-6-21(19(23)26-8-3,20(24)27-9-4)14-16-10-12-17(13-11-16)15(5)18(22)25-7-2/h10-13,15H,6-9,14H2,1-5H3. The van der Waals surface area contributed by atoms with Gasteiger partial charge in [0.05, 0.1) is 25.7 Å². The Kier molecular flexibility index (Phi) is 8.98. The molecule has 1 unspecified atom stereocenters. The van der Waals surface area contributed by atoms with Crippen molar-refractivity contribution in [2.75, 3.05) is 19.8 Å². The molecule has 0 aliphatic rings. The maximum Gasteiger partial charge on any atom is 0.323 e. The van der Waals surface area contributed by atoms with Gasteiger partial charge in [0, 0.05) is 0 Å². The molecule has 0 aliphatic carbocycles. The summed E-state index contributed by atoms with van der Waals surface area (Å²) in [6.07, 6.45) is 0.445. The molecule has 1 aromatic carbocycles. The molecule has 150 valence electrons. The lowest BCUT2D eigenvalue weighted by molar-refractivity contribution is -0.172. The van der Waals surface area contributed by atoms with Crippen LogP contribution in [0.3, 0.4) is 0 Å². The van der Waals surface area contributed by atoms with Crippen LogP contribution < -0.4 is 0 Å². The Hall–Kier alpha value is -2.37. The first kappa shape index (κ1) is 22.7. The van der Waals surface area contributed by atoms with Crippen molar-refractivity contribution >= 4 is 17.9 Å². The lowest BCUT2D eigenvalue weighted by Gasteiger charge is -2.28. The van der Waals surface area contributed by atoms with Crippen LogP contribution in [0.5, 0.6) is 0 Å². The summed E-state index contributed by atoms with van der Waals surface area (Å²) in [5, 5.41) is 0. The van der Waals surface area contributed by atoms with Crippen molar-refractivity contribution in [2.45, 2.75) is 53.4 Å². The van der Waals surface area contributed by atoms with Gasteiger partial charge in [-0.2, -0.15) is 0 Å². The molecule has 6 heteroatoms. The number of carbonyl (C=O) groups excluding carboxylic acids is 3. The van der Waals surface area contributed by atoms with Gasteiger partial charge in [0.15, 0.2) is 5.41 Å². The Labute approximate surface area is 161 Å². The second kappa shape index (κ2) is 10.7. The number of ether oxygens (including phenoxy) is 3. The van der Waals surface area contributed by atoms with Crippen LogP contribution >= 0.6 is 0 Å². The molecular formula is C21H30O6. The maximum absolute atomic E-state index is 12.6. The van der Waals surface area contributed by atoms with Crippen molar-refractivity contribution in [3.63, 3.8) is 0 Å². The molecular weight excluding hydrogens is 348 g/mol. The highest BCUT2D eigenvalue weighted by atomic mass is 16.6. The molecule has 0 heterocycles. The summed E-state index contributed by atoms with van der Waals surface area (Å²) in [4.78, 5) is 37.0. The second-order valence-corrected chi connectivity index (χ2v) is 6.27. The largest absolute Gasteiger partial charge is 0.466 e. The number of carbonyl (C=O) groups is 3. The van der Waals surface area contributed by atoms with Gasteiger partial charge in [-0.3, -0.25) is 14.4 Å². The van der Waals surface area contributed by atoms with Crippen molar-refractivity contribution in [3.8, 4) is 0 Å². The van der Waals surface area contributed by atoms with Crippen LogP contribution in [0.1, 0.15) is 58.1 Å². The number of hydrogen-bond donors (Lipinski definition) is 0. The van der Waals surface area contributed by atoms with E-state index in [1.54, 1.807) is 34.6 Å². The highest BCUT2D eigenvalue weighted by Crippen LogP contribution is 2.31. The van der Waals surface area contributed by atoms with E-state index in [0.29, 0.717) is 6.61 Å². The summed E-state index contributed by atoms with van der Waals surface area (Å²) in [7, 11) is 0. The lowest BCUT2D eigenvalue weighted by atomic mass is 9.78. The fraction of sp³-hybridized carbons (Fsp3) is 0.571. The SMILES string of the molecule is CCOC(=O)C(C)c1ccc(CC(CC)(C(=O)OCC)C(=O)OCC)cc1. The average Bonchev–Trinajstić information content (AvgIpc) is 2.66.